The molecule has 2 aliphatic rings. The Morgan fingerprint density at radius 1 is 1.35 bits per heavy atom. The van der Waals surface area contributed by atoms with Crippen LogP contribution in [0.5, 0.6) is 5.88 Å². The van der Waals surface area contributed by atoms with E-state index in [2.05, 4.69) is 26.8 Å². The van der Waals surface area contributed by atoms with Gasteiger partial charge in [-0.3, -0.25) is 9.88 Å². The SMILES string of the molecule is Cc1cncc(OCC[C@@H]2CCOC3(C2)CN(Cc2scnc2C)C3)n1. The number of hydrogen-bond acceptors (Lipinski definition) is 7. The monoisotopic (exact) mass is 374 g/mol. The number of thiazole rings is 1. The molecule has 0 N–H and O–H groups in total. The van der Waals surface area contributed by atoms with E-state index in [1.165, 1.54) is 4.88 Å². The number of rotatable bonds is 6. The summed E-state index contributed by atoms with van der Waals surface area (Å²) in [5, 5.41) is 0. The van der Waals surface area contributed by atoms with Crippen LogP contribution in [0.3, 0.4) is 0 Å². The molecule has 0 radical (unpaired) electrons. The fraction of sp³-hybridized carbons (Fsp3) is 0.632. The maximum Gasteiger partial charge on any atom is 0.232 e. The van der Waals surface area contributed by atoms with E-state index in [0.717, 1.165) is 56.9 Å². The Morgan fingerprint density at radius 2 is 2.23 bits per heavy atom. The number of aromatic nitrogens is 3. The third kappa shape index (κ3) is 4.05. The Hall–Kier alpha value is -1.57. The molecule has 140 valence electrons. The molecule has 2 fully saturated rings. The highest BCUT2D eigenvalue weighted by atomic mass is 32.1. The molecule has 2 aromatic rings. The van der Waals surface area contributed by atoms with Crippen LogP contribution in [0, 0.1) is 19.8 Å². The highest BCUT2D eigenvalue weighted by Gasteiger charge is 2.47. The predicted molar refractivity (Wildman–Crippen MR) is 100 cm³/mol. The minimum Gasteiger partial charge on any atom is -0.477 e. The number of hydrogen-bond donors (Lipinski definition) is 0. The molecular formula is C19H26N4O2S. The number of aryl methyl sites for hydroxylation is 2. The third-order valence-electron chi connectivity index (χ3n) is 5.34. The summed E-state index contributed by atoms with van der Waals surface area (Å²) in [4.78, 5) is 16.7. The minimum absolute atomic E-state index is 0.0602. The minimum atomic E-state index is 0.0602. The fourth-order valence-corrected chi connectivity index (χ4v) is 4.82. The van der Waals surface area contributed by atoms with Crippen molar-refractivity contribution in [2.45, 2.75) is 45.3 Å². The van der Waals surface area contributed by atoms with Crippen LogP contribution in [0.25, 0.3) is 0 Å². The van der Waals surface area contributed by atoms with Gasteiger partial charge in [0, 0.05) is 37.3 Å². The first kappa shape index (κ1) is 17.8. The highest BCUT2D eigenvalue weighted by molar-refractivity contribution is 7.09. The molecule has 0 aromatic carbocycles. The average Bonchev–Trinajstić information content (AvgIpc) is 2.99. The summed E-state index contributed by atoms with van der Waals surface area (Å²) in [7, 11) is 0. The first-order valence-corrected chi connectivity index (χ1v) is 10.2. The molecule has 2 saturated heterocycles. The second kappa shape index (κ2) is 7.58. The van der Waals surface area contributed by atoms with Gasteiger partial charge >= 0.3 is 0 Å². The standard InChI is InChI=1S/C19H26N4O2S/c1-14-8-20-9-18(22-14)24-5-3-16-4-6-25-19(7-16)11-23(12-19)10-17-15(2)21-13-26-17/h8-9,13,16H,3-7,10-12H2,1-2H3/t16-/m1/s1. The molecule has 1 spiro atoms. The number of nitrogens with zero attached hydrogens (tertiary/aromatic N) is 4. The van der Waals surface area contributed by atoms with Crippen LogP contribution in [0.2, 0.25) is 0 Å². The summed E-state index contributed by atoms with van der Waals surface area (Å²) in [5.74, 6) is 1.29. The Balaban J connectivity index is 1.23. The summed E-state index contributed by atoms with van der Waals surface area (Å²) >= 11 is 1.75. The van der Waals surface area contributed by atoms with Crippen molar-refractivity contribution < 1.29 is 9.47 Å². The van der Waals surface area contributed by atoms with Crippen molar-refractivity contribution in [3.63, 3.8) is 0 Å². The van der Waals surface area contributed by atoms with Gasteiger partial charge in [0.2, 0.25) is 5.88 Å². The van der Waals surface area contributed by atoms with E-state index in [4.69, 9.17) is 9.47 Å². The number of ether oxygens (including phenoxy) is 2. The van der Waals surface area contributed by atoms with Gasteiger partial charge < -0.3 is 9.47 Å². The van der Waals surface area contributed by atoms with Crippen molar-refractivity contribution in [2.75, 3.05) is 26.3 Å². The molecule has 6 nitrogen and oxygen atoms in total. The molecule has 7 heteroatoms. The van der Waals surface area contributed by atoms with Gasteiger partial charge in [-0.15, -0.1) is 11.3 Å². The summed E-state index contributed by atoms with van der Waals surface area (Å²) < 4.78 is 12.0. The zero-order valence-corrected chi connectivity index (χ0v) is 16.3. The van der Waals surface area contributed by atoms with E-state index in [0.29, 0.717) is 18.4 Å². The lowest BCUT2D eigenvalue weighted by Gasteiger charge is -2.53. The Kier molecular flexibility index (Phi) is 5.20. The van der Waals surface area contributed by atoms with Gasteiger partial charge in [0.15, 0.2) is 0 Å². The number of likely N-dealkylation sites (tertiary alicyclic amines) is 1. The van der Waals surface area contributed by atoms with Crippen LogP contribution in [-0.4, -0.2) is 51.8 Å². The molecule has 4 heterocycles. The molecule has 0 aliphatic carbocycles. The van der Waals surface area contributed by atoms with Gasteiger partial charge in [-0.05, 0) is 39.0 Å². The topological polar surface area (TPSA) is 60.4 Å². The van der Waals surface area contributed by atoms with E-state index < -0.39 is 0 Å². The molecule has 26 heavy (non-hydrogen) atoms. The van der Waals surface area contributed by atoms with Crippen LogP contribution in [0.4, 0.5) is 0 Å². The quantitative estimate of drug-likeness (QED) is 0.775. The summed E-state index contributed by atoms with van der Waals surface area (Å²) in [5.41, 5.74) is 4.05. The van der Waals surface area contributed by atoms with Gasteiger partial charge in [-0.2, -0.15) is 0 Å². The largest absolute Gasteiger partial charge is 0.477 e. The highest BCUT2D eigenvalue weighted by Crippen LogP contribution is 2.39. The lowest BCUT2D eigenvalue weighted by atomic mass is 9.79. The molecule has 0 unspecified atom stereocenters. The first-order valence-electron chi connectivity index (χ1n) is 9.29. The van der Waals surface area contributed by atoms with E-state index in [9.17, 15) is 0 Å². The Bertz CT molecular complexity index is 745. The molecule has 4 rings (SSSR count). The van der Waals surface area contributed by atoms with Gasteiger partial charge in [-0.1, -0.05) is 0 Å². The molecule has 0 amide bonds. The average molecular weight is 375 g/mol. The van der Waals surface area contributed by atoms with Crippen molar-refractivity contribution in [1.82, 2.24) is 19.9 Å². The predicted octanol–water partition coefficient (Wildman–Crippen LogP) is 3.00. The molecule has 0 saturated carbocycles. The van der Waals surface area contributed by atoms with E-state index in [1.807, 2.05) is 12.4 Å². The molecule has 2 aromatic heterocycles. The normalized spacial score (nSPS) is 22.3. The maximum absolute atomic E-state index is 6.17. The smallest absolute Gasteiger partial charge is 0.232 e. The van der Waals surface area contributed by atoms with Crippen molar-refractivity contribution in [1.29, 1.82) is 0 Å². The Labute approximate surface area is 158 Å². The van der Waals surface area contributed by atoms with Crippen molar-refractivity contribution in [2.24, 2.45) is 5.92 Å². The van der Waals surface area contributed by atoms with Crippen molar-refractivity contribution in [3.8, 4) is 5.88 Å². The van der Waals surface area contributed by atoms with Gasteiger partial charge in [0.1, 0.15) is 0 Å². The van der Waals surface area contributed by atoms with Crippen LogP contribution in [0.15, 0.2) is 17.9 Å². The fourth-order valence-electron chi connectivity index (χ4n) is 4.00. The van der Waals surface area contributed by atoms with E-state index in [-0.39, 0.29) is 5.60 Å². The molecule has 0 bridgehead atoms. The van der Waals surface area contributed by atoms with Gasteiger partial charge in [-0.25, -0.2) is 9.97 Å². The van der Waals surface area contributed by atoms with E-state index in [1.54, 1.807) is 23.7 Å². The lowest BCUT2D eigenvalue weighted by Crippen LogP contribution is -2.64. The van der Waals surface area contributed by atoms with E-state index >= 15 is 0 Å². The van der Waals surface area contributed by atoms with Gasteiger partial charge in [0.25, 0.3) is 0 Å². The van der Waals surface area contributed by atoms with Crippen molar-refractivity contribution in [3.05, 3.63) is 34.2 Å². The molecule has 1 atom stereocenters. The molecular weight excluding hydrogens is 348 g/mol. The zero-order chi connectivity index (χ0) is 18.0. The van der Waals surface area contributed by atoms with Gasteiger partial charge in [0.05, 0.1) is 35.3 Å². The third-order valence-corrected chi connectivity index (χ3v) is 6.26. The van der Waals surface area contributed by atoms with Crippen LogP contribution in [-0.2, 0) is 11.3 Å². The Morgan fingerprint density at radius 3 is 3.00 bits per heavy atom. The van der Waals surface area contributed by atoms with Crippen LogP contribution in [0.1, 0.15) is 35.5 Å². The van der Waals surface area contributed by atoms with Crippen LogP contribution >= 0.6 is 11.3 Å². The second-order valence-electron chi connectivity index (χ2n) is 7.53. The van der Waals surface area contributed by atoms with Crippen molar-refractivity contribution >= 4 is 11.3 Å². The van der Waals surface area contributed by atoms with Crippen LogP contribution < -0.4 is 4.74 Å². The zero-order valence-electron chi connectivity index (χ0n) is 15.5. The second-order valence-corrected chi connectivity index (χ2v) is 8.47. The summed E-state index contributed by atoms with van der Waals surface area (Å²) in [6.45, 7) is 8.65. The lowest BCUT2D eigenvalue weighted by molar-refractivity contribution is -0.181. The summed E-state index contributed by atoms with van der Waals surface area (Å²) in [6.07, 6.45) is 6.73. The maximum atomic E-state index is 6.17. The molecule has 2 aliphatic heterocycles. The summed E-state index contributed by atoms with van der Waals surface area (Å²) in [6, 6.07) is 0. The first-order chi connectivity index (χ1) is 12.6.